The van der Waals surface area contributed by atoms with Crippen LogP contribution < -0.4 is 5.32 Å². The van der Waals surface area contributed by atoms with Crippen molar-refractivity contribution >= 4 is 22.4 Å². The van der Waals surface area contributed by atoms with Crippen molar-refractivity contribution in [2.24, 2.45) is 5.92 Å². The highest BCUT2D eigenvalue weighted by atomic mass is 15.2. The Morgan fingerprint density at radius 3 is 2.88 bits per heavy atom. The summed E-state index contributed by atoms with van der Waals surface area (Å²) in [4.78, 5) is 15.9. The summed E-state index contributed by atoms with van der Waals surface area (Å²) in [5.74, 6) is 1.54. The Hall–Kier alpha value is -2.53. The van der Waals surface area contributed by atoms with Gasteiger partial charge < -0.3 is 5.32 Å². The van der Waals surface area contributed by atoms with Gasteiger partial charge in [0.2, 0.25) is 0 Å². The van der Waals surface area contributed by atoms with Crippen LogP contribution in [0.15, 0.2) is 42.9 Å². The quantitative estimate of drug-likeness (QED) is 0.794. The van der Waals surface area contributed by atoms with Crippen molar-refractivity contribution in [3.05, 3.63) is 54.1 Å². The van der Waals surface area contributed by atoms with Crippen LogP contribution in [0.3, 0.4) is 0 Å². The minimum atomic E-state index is 0.647. The average molecular weight is 319 g/mol. The normalized spacial score (nSPS) is 14.3. The maximum absolute atomic E-state index is 4.51. The summed E-state index contributed by atoms with van der Waals surface area (Å²) in [5.41, 5.74) is 4.28. The van der Waals surface area contributed by atoms with Crippen LogP contribution in [-0.4, -0.2) is 26.4 Å². The monoisotopic (exact) mass is 319 g/mol. The molecule has 1 aromatic carbocycles. The van der Waals surface area contributed by atoms with Crippen molar-refractivity contribution in [2.45, 2.75) is 26.9 Å². The minimum Gasteiger partial charge on any atom is -0.339 e. The van der Waals surface area contributed by atoms with Gasteiger partial charge in [0.05, 0.1) is 23.1 Å². The van der Waals surface area contributed by atoms with Gasteiger partial charge in [-0.05, 0) is 18.1 Å². The van der Waals surface area contributed by atoms with E-state index in [2.05, 4.69) is 51.1 Å². The summed E-state index contributed by atoms with van der Waals surface area (Å²) in [6.45, 7) is 7.37. The van der Waals surface area contributed by atoms with Gasteiger partial charge in [0.15, 0.2) is 0 Å². The molecule has 0 fully saturated rings. The highest BCUT2D eigenvalue weighted by Crippen LogP contribution is 2.29. The van der Waals surface area contributed by atoms with Crippen LogP contribution in [0.25, 0.3) is 10.9 Å². The van der Waals surface area contributed by atoms with Crippen LogP contribution in [0.5, 0.6) is 0 Å². The highest BCUT2D eigenvalue weighted by molar-refractivity contribution is 5.82. The number of rotatable bonds is 4. The van der Waals surface area contributed by atoms with Crippen LogP contribution >= 0.6 is 0 Å². The van der Waals surface area contributed by atoms with Crippen molar-refractivity contribution < 1.29 is 0 Å². The third-order valence-electron chi connectivity index (χ3n) is 4.27. The highest BCUT2D eigenvalue weighted by Gasteiger charge is 2.24. The van der Waals surface area contributed by atoms with Gasteiger partial charge in [-0.25, -0.2) is 9.97 Å². The number of para-hydroxylation sites is 1. The third-order valence-corrected chi connectivity index (χ3v) is 4.27. The van der Waals surface area contributed by atoms with Gasteiger partial charge >= 0.3 is 0 Å². The lowest BCUT2D eigenvalue weighted by molar-refractivity contribution is 0.250. The molecule has 1 aliphatic rings. The summed E-state index contributed by atoms with van der Waals surface area (Å²) in [6, 6.07) is 10.2. The van der Waals surface area contributed by atoms with Gasteiger partial charge in [-0.1, -0.05) is 32.0 Å². The first-order valence-electron chi connectivity index (χ1n) is 8.36. The molecule has 0 saturated carbocycles. The summed E-state index contributed by atoms with van der Waals surface area (Å²) < 4.78 is 0. The number of aromatic nitrogens is 3. The first kappa shape index (κ1) is 15.0. The third kappa shape index (κ3) is 2.95. The fourth-order valence-electron chi connectivity index (χ4n) is 3.27. The molecule has 1 aliphatic heterocycles. The molecule has 0 aliphatic carbocycles. The molecule has 0 saturated heterocycles. The zero-order valence-electron chi connectivity index (χ0n) is 14.0. The van der Waals surface area contributed by atoms with Crippen LogP contribution in [0.2, 0.25) is 0 Å². The predicted octanol–water partition coefficient (Wildman–Crippen LogP) is 3.74. The molecule has 5 nitrogen and oxygen atoms in total. The molecule has 0 spiro atoms. The molecule has 122 valence electrons. The van der Waals surface area contributed by atoms with Crippen molar-refractivity contribution in [3.8, 4) is 0 Å². The molecule has 0 unspecified atom stereocenters. The first-order valence-corrected chi connectivity index (χ1v) is 8.36. The van der Waals surface area contributed by atoms with E-state index in [4.69, 9.17) is 0 Å². The van der Waals surface area contributed by atoms with Gasteiger partial charge in [0.25, 0.3) is 0 Å². The second-order valence-electron chi connectivity index (χ2n) is 6.75. The molecule has 5 heteroatoms. The Bertz CT molecular complexity index is 875. The summed E-state index contributed by atoms with van der Waals surface area (Å²) in [5, 5.41) is 4.55. The van der Waals surface area contributed by atoms with E-state index < -0.39 is 0 Å². The Morgan fingerprint density at radius 1 is 1.12 bits per heavy atom. The van der Waals surface area contributed by atoms with E-state index in [1.165, 1.54) is 5.56 Å². The zero-order chi connectivity index (χ0) is 16.5. The number of anilines is 2. The van der Waals surface area contributed by atoms with E-state index >= 15 is 0 Å². The van der Waals surface area contributed by atoms with Crippen LogP contribution in [-0.2, 0) is 13.1 Å². The second-order valence-corrected chi connectivity index (χ2v) is 6.75. The average Bonchev–Trinajstić information content (AvgIpc) is 2.97. The molecule has 0 atom stereocenters. The minimum absolute atomic E-state index is 0.647. The van der Waals surface area contributed by atoms with Crippen molar-refractivity contribution in [1.29, 1.82) is 0 Å². The fraction of sp³-hybridized carbons (Fsp3) is 0.316. The second kappa shape index (κ2) is 6.17. The topological polar surface area (TPSA) is 53.9 Å². The van der Waals surface area contributed by atoms with Crippen LogP contribution in [0, 0.1) is 5.92 Å². The Labute approximate surface area is 141 Å². The predicted molar refractivity (Wildman–Crippen MR) is 96.0 cm³/mol. The number of hydrogen-bond acceptors (Lipinski definition) is 5. The van der Waals surface area contributed by atoms with Gasteiger partial charge in [-0.2, -0.15) is 0 Å². The SMILES string of the molecule is CC(C)CN1Cc2ncnc(Nc3cnc4ccccc4c3)c2C1. The van der Waals surface area contributed by atoms with Gasteiger partial charge in [-0.3, -0.25) is 9.88 Å². The van der Waals surface area contributed by atoms with E-state index in [0.717, 1.165) is 47.7 Å². The number of nitrogens with one attached hydrogen (secondary N) is 1. The Morgan fingerprint density at radius 2 is 2.00 bits per heavy atom. The molecule has 3 aromatic rings. The van der Waals surface area contributed by atoms with E-state index in [1.54, 1.807) is 6.33 Å². The lowest BCUT2D eigenvalue weighted by atomic mass is 10.2. The van der Waals surface area contributed by atoms with Crippen LogP contribution in [0.4, 0.5) is 11.5 Å². The van der Waals surface area contributed by atoms with Crippen molar-refractivity contribution in [1.82, 2.24) is 19.9 Å². The van der Waals surface area contributed by atoms with E-state index in [0.29, 0.717) is 5.92 Å². The number of hydrogen-bond donors (Lipinski definition) is 1. The van der Waals surface area contributed by atoms with Gasteiger partial charge in [0, 0.05) is 30.6 Å². The molecule has 0 bridgehead atoms. The maximum atomic E-state index is 4.51. The maximum Gasteiger partial charge on any atom is 0.138 e. The molecule has 0 radical (unpaired) electrons. The Balaban J connectivity index is 1.60. The van der Waals surface area contributed by atoms with Gasteiger partial charge in [-0.15, -0.1) is 0 Å². The molecule has 3 heterocycles. The molecule has 0 amide bonds. The zero-order valence-corrected chi connectivity index (χ0v) is 14.0. The molecular formula is C19H21N5. The number of nitrogens with zero attached hydrogens (tertiary/aromatic N) is 4. The van der Waals surface area contributed by atoms with Crippen LogP contribution in [0.1, 0.15) is 25.1 Å². The largest absolute Gasteiger partial charge is 0.339 e. The molecule has 1 N–H and O–H groups in total. The number of fused-ring (bicyclic) bond motifs is 2. The Kier molecular flexibility index (Phi) is 3.86. The molecule has 2 aromatic heterocycles. The van der Waals surface area contributed by atoms with E-state index in [9.17, 15) is 0 Å². The smallest absolute Gasteiger partial charge is 0.138 e. The summed E-state index contributed by atoms with van der Waals surface area (Å²) in [7, 11) is 0. The molecular weight excluding hydrogens is 298 g/mol. The summed E-state index contributed by atoms with van der Waals surface area (Å²) in [6.07, 6.45) is 3.51. The van der Waals surface area contributed by atoms with Crippen molar-refractivity contribution in [3.63, 3.8) is 0 Å². The number of pyridine rings is 1. The fourth-order valence-corrected chi connectivity index (χ4v) is 3.27. The first-order chi connectivity index (χ1) is 11.7. The number of benzene rings is 1. The molecule has 4 rings (SSSR count). The lowest BCUT2D eigenvalue weighted by Crippen LogP contribution is -2.21. The van der Waals surface area contributed by atoms with Gasteiger partial charge in [0.1, 0.15) is 12.1 Å². The van der Waals surface area contributed by atoms with Crippen molar-refractivity contribution in [2.75, 3.05) is 11.9 Å². The molecule has 24 heavy (non-hydrogen) atoms. The standard InChI is InChI=1S/C19H21N5/c1-13(2)9-24-10-16-18(11-24)21-12-22-19(16)23-15-7-14-5-3-4-6-17(14)20-8-15/h3-8,12-13H,9-11H2,1-2H3,(H,21,22,23). The lowest BCUT2D eigenvalue weighted by Gasteiger charge is -2.16. The van der Waals surface area contributed by atoms with E-state index in [1.807, 2.05) is 24.4 Å². The van der Waals surface area contributed by atoms with E-state index in [-0.39, 0.29) is 0 Å². The summed E-state index contributed by atoms with van der Waals surface area (Å²) >= 11 is 0.